The number of pyridine rings is 1. The standard InChI is InChI=1S/C29H36ClN5O3/c1-5-6-13-35(21(4)16-31-18-36)29(33-26-12-8-7-11-23(26)20(2)3)24-15-25(30)27(34-28(24)32-19-37)22-10-9-14-38-17-22/h5,7-8,10-12,15,18-21H,1,6,9,13-14,16-17H2,2-4H3,(H,31,36)(H,32,34,37). The Balaban J connectivity index is 2.28. The van der Waals surface area contributed by atoms with E-state index in [-0.39, 0.29) is 12.0 Å². The molecule has 1 aromatic carbocycles. The SMILES string of the molecule is C=CCCN(C(=Nc1ccccc1C(C)C)c1cc(Cl)c(C2=CCCOC2)nc1NC=O)C(C)CNC=O. The predicted molar refractivity (Wildman–Crippen MR) is 154 cm³/mol. The minimum absolute atomic E-state index is 0.137. The Bertz CT molecular complexity index is 1190. The van der Waals surface area contributed by atoms with E-state index in [2.05, 4.69) is 48.1 Å². The van der Waals surface area contributed by atoms with Crippen LogP contribution in [0.15, 0.2) is 54.1 Å². The summed E-state index contributed by atoms with van der Waals surface area (Å²) in [6.07, 6.45) is 6.61. The number of carbonyl (C=O) groups excluding carboxylic acids is 2. The van der Waals surface area contributed by atoms with Crippen molar-refractivity contribution in [2.45, 2.75) is 45.6 Å². The molecular formula is C29H36ClN5O3. The smallest absolute Gasteiger partial charge is 0.212 e. The first kappa shape index (κ1) is 29.1. The highest BCUT2D eigenvalue weighted by atomic mass is 35.5. The van der Waals surface area contributed by atoms with Crippen molar-refractivity contribution >= 4 is 47.3 Å². The number of aliphatic imine (C=N–C) groups is 1. The molecule has 2 amide bonds. The molecule has 2 aromatic rings. The van der Waals surface area contributed by atoms with E-state index in [0.29, 0.717) is 73.5 Å². The van der Waals surface area contributed by atoms with Gasteiger partial charge in [-0.15, -0.1) is 6.58 Å². The van der Waals surface area contributed by atoms with Gasteiger partial charge in [0.1, 0.15) is 11.7 Å². The van der Waals surface area contributed by atoms with E-state index in [0.717, 1.165) is 23.2 Å². The van der Waals surface area contributed by atoms with Gasteiger partial charge in [-0.3, -0.25) is 9.59 Å². The highest BCUT2D eigenvalue weighted by Crippen LogP contribution is 2.33. The molecule has 0 fully saturated rings. The first-order valence-corrected chi connectivity index (χ1v) is 13.2. The number of amides is 2. The number of hydrogen-bond acceptors (Lipinski definition) is 5. The van der Waals surface area contributed by atoms with E-state index in [9.17, 15) is 9.59 Å². The van der Waals surface area contributed by atoms with E-state index in [1.54, 1.807) is 6.07 Å². The fraction of sp³-hybridized carbons (Fsp3) is 0.379. The van der Waals surface area contributed by atoms with Crippen LogP contribution in [0.4, 0.5) is 11.5 Å². The lowest BCUT2D eigenvalue weighted by atomic mass is 10.0. The quantitative estimate of drug-likeness (QED) is 0.156. The first-order chi connectivity index (χ1) is 18.4. The van der Waals surface area contributed by atoms with Crippen LogP contribution in [-0.2, 0) is 14.3 Å². The van der Waals surface area contributed by atoms with E-state index in [4.69, 9.17) is 26.3 Å². The van der Waals surface area contributed by atoms with Crippen LogP contribution >= 0.6 is 11.6 Å². The maximum absolute atomic E-state index is 11.7. The summed E-state index contributed by atoms with van der Waals surface area (Å²) in [5, 5.41) is 5.96. The van der Waals surface area contributed by atoms with Crippen LogP contribution in [0, 0.1) is 0 Å². The molecule has 2 heterocycles. The molecular weight excluding hydrogens is 502 g/mol. The lowest BCUT2D eigenvalue weighted by molar-refractivity contribution is -0.109. The van der Waals surface area contributed by atoms with Crippen molar-refractivity contribution in [2.75, 3.05) is 31.6 Å². The van der Waals surface area contributed by atoms with Gasteiger partial charge in [0, 0.05) is 24.7 Å². The largest absolute Gasteiger partial charge is 0.376 e. The summed E-state index contributed by atoms with van der Waals surface area (Å²) in [6, 6.07) is 9.62. The Morgan fingerprint density at radius 1 is 1.26 bits per heavy atom. The van der Waals surface area contributed by atoms with Gasteiger partial charge in [-0.25, -0.2) is 9.98 Å². The molecule has 0 radical (unpaired) electrons. The average molecular weight is 538 g/mol. The molecule has 0 saturated heterocycles. The molecule has 1 aromatic heterocycles. The van der Waals surface area contributed by atoms with E-state index in [1.165, 1.54) is 0 Å². The fourth-order valence-electron chi connectivity index (χ4n) is 4.34. The minimum atomic E-state index is -0.137. The number of amidine groups is 1. The van der Waals surface area contributed by atoms with Crippen LogP contribution in [0.1, 0.15) is 56.4 Å². The van der Waals surface area contributed by atoms with Crippen molar-refractivity contribution in [3.63, 3.8) is 0 Å². The van der Waals surface area contributed by atoms with Gasteiger partial charge in [-0.2, -0.15) is 0 Å². The summed E-state index contributed by atoms with van der Waals surface area (Å²) in [4.78, 5) is 34.8. The number of hydrogen-bond donors (Lipinski definition) is 2. The average Bonchev–Trinajstić information content (AvgIpc) is 2.93. The van der Waals surface area contributed by atoms with Gasteiger partial charge in [-0.1, -0.05) is 55.8 Å². The fourth-order valence-corrected chi connectivity index (χ4v) is 4.61. The van der Waals surface area contributed by atoms with E-state index in [1.807, 2.05) is 31.2 Å². The van der Waals surface area contributed by atoms with Gasteiger partial charge >= 0.3 is 0 Å². The number of anilines is 1. The first-order valence-electron chi connectivity index (χ1n) is 12.8. The van der Waals surface area contributed by atoms with Crippen molar-refractivity contribution in [3.05, 3.63) is 70.9 Å². The van der Waals surface area contributed by atoms with Gasteiger partial charge in [0.25, 0.3) is 0 Å². The van der Waals surface area contributed by atoms with Crippen LogP contribution in [0.3, 0.4) is 0 Å². The maximum atomic E-state index is 11.7. The molecule has 1 aliphatic rings. The number of carbonyl (C=O) groups is 2. The molecule has 1 unspecified atom stereocenters. The summed E-state index contributed by atoms with van der Waals surface area (Å²) < 4.78 is 5.60. The number of rotatable bonds is 13. The zero-order chi connectivity index (χ0) is 27.5. The Kier molecular flexibility index (Phi) is 11.1. The number of ether oxygens (including phenoxy) is 1. The van der Waals surface area contributed by atoms with Crippen LogP contribution in [0.2, 0.25) is 5.02 Å². The van der Waals surface area contributed by atoms with Crippen molar-refractivity contribution in [1.29, 1.82) is 0 Å². The van der Waals surface area contributed by atoms with Crippen LogP contribution < -0.4 is 10.6 Å². The number of halogens is 1. The van der Waals surface area contributed by atoms with Gasteiger partial charge in [-0.05, 0) is 43.4 Å². The lowest BCUT2D eigenvalue weighted by Crippen LogP contribution is -2.45. The van der Waals surface area contributed by atoms with Gasteiger partial charge in [0.2, 0.25) is 12.8 Å². The molecule has 38 heavy (non-hydrogen) atoms. The molecule has 3 rings (SSSR count). The van der Waals surface area contributed by atoms with Crippen LogP contribution in [-0.4, -0.2) is 60.9 Å². The summed E-state index contributed by atoms with van der Waals surface area (Å²) in [6.45, 7) is 12.1. The highest BCUT2D eigenvalue weighted by Gasteiger charge is 2.25. The van der Waals surface area contributed by atoms with Crippen molar-refractivity contribution in [3.8, 4) is 0 Å². The zero-order valence-corrected chi connectivity index (χ0v) is 23.0. The number of benzene rings is 1. The van der Waals surface area contributed by atoms with Crippen LogP contribution in [0.5, 0.6) is 0 Å². The lowest BCUT2D eigenvalue weighted by Gasteiger charge is -2.33. The summed E-state index contributed by atoms with van der Waals surface area (Å²) in [5.74, 6) is 1.16. The Labute approximate surface area is 229 Å². The van der Waals surface area contributed by atoms with Crippen molar-refractivity contribution < 1.29 is 14.3 Å². The Hall–Kier alpha value is -3.49. The van der Waals surface area contributed by atoms with E-state index >= 15 is 0 Å². The van der Waals surface area contributed by atoms with Gasteiger partial charge in [0.05, 0.1) is 35.2 Å². The minimum Gasteiger partial charge on any atom is -0.376 e. The molecule has 0 bridgehead atoms. The second kappa shape index (κ2) is 14.4. The monoisotopic (exact) mass is 537 g/mol. The van der Waals surface area contributed by atoms with Crippen LogP contribution in [0.25, 0.3) is 5.57 Å². The third kappa shape index (κ3) is 7.30. The third-order valence-corrected chi connectivity index (χ3v) is 6.58. The second-order valence-electron chi connectivity index (χ2n) is 9.34. The third-order valence-electron chi connectivity index (χ3n) is 6.29. The van der Waals surface area contributed by atoms with Crippen molar-refractivity contribution in [1.82, 2.24) is 15.2 Å². The Morgan fingerprint density at radius 3 is 2.71 bits per heavy atom. The van der Waals surface area contributed by atoms with Gasteiger partial charge in [0.15, 0.2) is 0 Å². The molecule has 0 saturated carbocycles. The Morgan fingerprint density at radius 2 is 2.05 bits per heavy atom. The topological polar surface area (TPSA) is 95.9 Å². The van der Waals surface area contributed by atoms with Crippen molar-refractivity contribution in [2.24, 2.45) is 4.99 Å². The number of aromatic nitrogens is 1. The molecule has 1 atom stereocenters. The molecule has 2 N–H and O–H groups in total. The second-order valence-corrected chi connectivity index (χ2v) is 9.75. The number of para-hydroxylation sites is 1. The molecule has 9 heteroatoms. The summed E-state index contributed by atoms with van der Waals surface area (Å²) in [5.41, 5.74) is 3.89. The normalized spacial score (nSPS) is 14.4. The molecule has 8 nitrogen and oxygen atoms in total. The highest BCUT2D eigenvalue weighted by molar-refractivity contribution is 6.32. The summed E-state index contributed by atoms with van der Waals surface area (Å²) in [7, 11) is 0. The zero-order valence-electron chi connectivity index (χ0n) is 22.2. The van der Waals surface area contributed by atoms with E-state index < -0.39 is 0 Å². The maximum Gasteiger partial charge on any atom is 0.212 e. The molecule has 202 valence electrons. The molecule has 0 aliphatic carbocycles. The number of nitrogens with zero attached hydrogens (tertiary/aromatic N) is 3. The molecule has 0 spiro atoms. The summed E-state index contributed by atoms with van der Waals surface area (Å²) >= 11 is 6.81. The molecule has 1 aliphatic heterocycles. The predicted octanol–water partition coefficient (Wildman–Crippen LogP) is 5.32. The number of nitrogens with one attached hydrogen (secondary N) is 2. The van der Waals surface area contributed by atoms with Gasteiger partial charge < -0.3 is 20.3 Å².